The number of nitrogens with zero attached hydrogens (tertiary/aromatic N) is 3. The van der Waals surface area contributed by atoms with Crippen molar-refractivity contribution in [2.45, 2.75) is 6.92 Å². The molecule has 1 aromatic heterocycles. The van der Waals surface area contributed by atoms with Gasteiger partial charge in [0.1, 0.15) is 0 Å². The van der Waals surface area contributed by atoms with Gasteiger partial charge in [0.05, 0.1) is 10.7 Å². The van der Waals surface area contributed by atoms with E-state index in [2.05, 4.69) is 20.4 Å². The lowest BCUT2D eigenvalue weighted by Crippen LogP contribution is -2.32. The highest BCUT2D eigenvalue weighted by molar-refractivity contribution is 7.99. The van der Waals surface area contributed by atoms with Crippen LogP contribution in [0, 0.1) is 6.92 Å². The van der Waals surface area contributed by atoms with Crippen molar-refractivity contribution in [2.24, 2.45) is 0 Å². The van der Waals surface area contributed by atoms with Crippen LogP contribution >= 0.6 is 23.4 Å². The highest BCUT2D eigenvalue weighted by atomic mass is 35.5. The van der Waals surface area contributed by atoms with Crippen molar-refractivity contribution in [3.8, 4) is 22.9 Å². The molecule has 5 rings (SSSR count). The standard InChI is InChI=1S/C26H23ClN4O2S/c1-17-4-2-3-5-21(17)26-30-29-25(33-26)19-8-6-18(7-9-19)24(32)28-20-10-11-23(22(27)16-20)31-12-14-34-15-13-31/h2-11,16H,12-15H2,1H3,(H,28,32). The Morgan fingerprint density at radius 2 is 1.74 bits per heavy atom. The number of anilines is 2. The Bertz CT molecular complexity index is 1320. The van der Waals surface area contributed by atoms with E-state index in [1.54, 1.807) is 30.3 Å². The summed E-state index contributed by atoms with van der Waals surface area (Å²) in [5, 5.41) is 11.9. The van der Waals surface area contributed by atoms with Crippen LogP contribution in [0.2, 0.25) is 5.02 Å². The number of thioether (sulfide) groups is 1. The second-order valence-electron chi connectivity index (χ2n) is 8.02. The van der Waals surface area contributed by atoms with E-state index in [1.165, 1.54) is 0 Å². The molecular formula is C26H23ClN4O2S. The van der Waals surface area contributed by atoms with E-state index >= 15 is 0 Å². The molecule has 1 aliphatic heterocycles. The minimum atomic E-state index is -0.212. The number of hydrogen-bond acceptors (Lipinski definition) is 6. The van der Waals surface area contributed by atoms with Gasteiger partial charge in [0, 0.05) is 47.0 Å². The predicted molar refractivity (Wildman–Crippen MR) is 139 cm³/mol. The van der Waals surface area contributed by atoms with Crippen molar-refractivity contribution in [3.05, 3.63) is 82.9 Å². The summed E-state index contributed by atoms with van der Waals surface area (Å²) in [4.78, 5) is 15.1. The van der Waals surface area contributed by atoms with Gasteiger partial charge in [-0.2, -0.15) is 11.8 Å². The highest BCUT2D eigenvalue weighted by Gasteiger charge is 2.16. The third kappa shape index (κ3) is 4.81. The van der Waals surface area contributed by atoms with Crippen molar-refractivity contribution < 1.29 is 9.21 Å². The van der Waals surface area contributed by atoms with Crippen LogP contribution < -0.4 is 10.2 Å². The summed E-state index contributed by atoms with van der Waals surface area (Å²) in [6.45, 7) is 3.96. The Labute approximate surface area is 207 Å². The molecule has 0 bridgehead atoms. The topological polar surface area (TPSA) is 71.3 Å². The second-order valence-corrected chi connectivity index (χ2v) is 9.66. The number of aryl methyl sites for hydroxylation is 1. The lowest BCUT2D eigenvalue weighted by molar-refractivity contribution is 0.102. The Balaban J connectivity index is 1.27. The minimum Gasteiger partial charge on any atom is -0.416 e. The van der Waals surface area contributed by atoms with Gasteiger partial charge in [-0.15, -0.1) is 10.2 Å². The van der Waals surface area contributed by atoms with Crippen LogP contribution in [-0.4, -0.2) is 40.7 Å². The molecular weight excluding hydrogens is 468 g/mol. The number of carbonyl (C=O) groups excluding carboxylic acids is 1. The second kappa shape index (κ2) is 9.91. The first kappa shape index (κ1) is 22.5. The van der Waals surface area contributed by atoms with Gasteiger partial charge >= 0.3 is 0 Å². The van der Waals surface area contributed by atoms with Gasteiger partial charge in [-0.25, -0.2) is 0 Å². The maximum atomic E-state index is 12.8. The first-order chi connectivity index (χ1) is 16.6. The fourth-order valence-corrected chi connectivity index (χ4v) is 5.08. The van der Waals surface area contributed by atoms with Gasteiger partial charge in [-0.3, -0.25) is 4.79 Å². The normalized spacial score (nSPS) is 13.6. The number of benzene rings is 3. The van der Waals surface area contributed by atoms with Gasteiger partial charge in [0.25, 0.3) is 5.91 Å². The minimum absolute atomic E-state index is 0.212. The molecule has 0 radical (unpaired) electrons. The van der Waals surface area contributed by atoms with Crippen molar-refractivity contribution >= 4 is 40.6 Å². The molecule has 34 heavy (non-hydrogen) atoms. The number of carbonyl (C=O) groups is 1. The fraction of sp³-hybridized carbons (Fsp3) is 0.192. The van der Waals surface area contributed by atoms with E-state index in [0.717, 1.165) is 47.0 Å². The van der Waals surface area contributed by atoms with Crippen molar-refractivity contribution in [3.63, 3.8) is 0 Å². The van der Waals surface area contributed by atoms with E-state index in [9.17, 15) is 4.79 Å². The van der Waals surface area contributed by atoms with Crippen LogP contribution in [-0.2, 0) is 0 Å². The van der Waals surface area contributed by atoms with Gasteiger partial charge in [-0.05, 0) is 61.0 Å². The van der Waals surface area contributed by atoms with Gasteiger partial charge in [0.15, 0.2) is 0 Å². The van der Waals surface area contributed by atoms with E-state index < -0.39 is 0 Å². The maximum Gasteiger partial charge on any atom is 0.255 e. The van der Waals surface area contributed by atoms with Crippen molar-refractivity contribution in [1.29, 1.82) is 0 Å². The van der Waals surface area contributed by atoms with Crippen LogP contribution in [0.25, 0.3) is 22.9 Å². The van der Waals surface area contributed by atoms with Crippen LogP contribution in [0.4, 0.5) is 11.4 Å². The number of nitrogens with one attached hydrogen (secondary N) is 1. The molecule has 1 aliphatic rings. The molecule has 4 aromatic rings. The summed E-state index contributed by atoms with van der Waals surface area (Å²) in [5.74, 6) is 2.86. The van der Waals surface area contributed by atoms with Gasteiger partial charge < -0.3 is 14.6 Å². The van der Waals surface area contributed by atoms with Crippen LogP contribution in [0.3, 0.4) is 0 Å². The summed E-state index contributed by atoms with van der Waals surface area (Å²) in [5.41, 5.74) is 4.91. The molecule has 0 saturated carbocycles. The number of hydrogen-bond donors (Lipinski definition) is 1. The van der Waals surface area contributed by atoms with E-state index in [0.29, 0.717) is 28.1 Å². The molecule has 172 valence electrons. The SMILES string of the molecule is Cc1ccccc1-c1nnc(-c2ccc(C(=O)Nc3ccc(N4CCSCC4)c(Cl)c3)cc2)o1. The zero-order chi connectivity index (χ0) is 23.5. The molecule has 1 fully saturated rings. The van der Waals surface area contributed by atoms with E-state index in [1.807, 2.05) is 55.1 Å². The Morgan fingerprint density at radius 1 is 1.00 bits per heavy atom. The maximum absolute atomic E-state index is 12.8. The quantitative estimate of drug-likeness (QED) is 0.360. The number of amides is 1. The molecule has 0 spiro atoms. The molecule has 0 aliphatic carbocycles. The third-order valence-corrected chi connectivity index (χ3v) is 7.00. The third-order valence-electron chi connectivity index (χ3n) is 5.75. The Morgan fingerprint density at radius 3 is 2.47 bits per heavy atom. The smallest absolute Gasteiger partial charge is 0.255 e. The van der Waals surface area contributed by atoms with Crippen molar-refractivity contribution in [2.75, 3.05) is 34.8 Å². The average Bonchev–Trinajstić information content (AvgIpc) is 3.35. The van der Waals surface area contributed by atoms with Crippen LogP contribution in [0.5, 0.6) is 0 Å². The predicted octanol–water partition coefficient (Wildman–Crippen LogP) is 6.17. The van der Waals surface area contributed by atoms with E-state index in [4.69, 9.17) is 16.0 Å². The van der Waals surface area contributed by atoms with Crippen LogP contribution in [0.15, 0.2) is 71.1 Å². The summed E-state index contributed by atoms with van der Waals surface area (Å²) in [6, 6.07) is 20.6. The molecule has 8 heteroatoms. The average molecular weight is 491 g/mol. The molecule has 2 heterocycles. The monoisotopic (exact) mass is 490 g/mol. The summed E-state index contributed by atoms with van der Waals surface area (Å²) in [6.07, 6.45) is 0. The Hall–Kier alpha value is -3.29. The fourth-order valence-electron chi connectivity index (χ4n) is 3.87. The lowest BCUT2D eigenvalue weighted by Gasteiger charge is -2.29. The summed E-state index contributed by atoms with van der Waals surface area (Å²) < 4.78 is 5.86. The zero-order valence-electron chi connectivity index (χ0n) is 18.6. The largest absolute Gasteiger partial charge is 0.416 e. The summed E-state index contributed by atoms with van der Waals surface area (Å²) in [7, 11) is 0. The van der Waals surface area contributed by atoms with E-state index in [-0.39, 0.29) is 5.91 Å². The molecule has 1 N–H and O–H groups in total. The Kier molecular flexibility index (Phi) is 6.56. The number of rotatable bonds is 5. The van der Waals surface area contributed by atoms with Gasteiger partial charge in [-0.1, -0.05) is 29.8 Å². The molecule has 1 amide bonds. The van der Waals surface area contributed by atoms with Gasteiger partial charge in [0.2, 0.25) is 11.8 Å². The summed E-state index contributed by atoms with van der Waals surface area (Å²) >= 11 is 8.47. The number of aromatic nitrogens is 2. The van der Waals surface area contributed by atoms with Crippen molar-refractivity contribution in [1.82, 2.24) is 10.2 Å². The lowest BCUT2D eigenvalue weighted by atomic mass is 10.1. The molecule has 0 unspecified atom stereocenters. The molecule has 1 saturated heterocycles. The number of halogens is 1. The zero-order valence-corrected chi connectivity index (χ0v) is 20.2. The molecule has 6 nitrogen and oxygen atoms in total. The van der Waals surface area contributed by atoms with Crippen LogP contribution in [0.1, 0.15) is 15.9 Å². The first-order valence-electron chi connectivity index (χ1n) is 11.0. The molecule has 3 aromatic carbocycles. The molecule has 0 atom stereocenters. The first-order valence-corrected chi connectivity index (χ1v) is 12.6. The highest BCUT2D eigenvalue weighted by Crippen LogP contribution is 2.31.